The van der Waals surface area contributed by atoms with Crippen LogP contribution in [0.5, 0.6) is 0 Å². The monoisotopic (exact) mass is 981 g/mol. The van der Waals surface area contributed by atoms with Gasteiger partial charge in [0.1, 0.15) is 13.2 Å². The predicted octanol–water partition coefficient (Wildman–Crippen LogP) is 19.4. The second-order valence-corrected chi connectivity index (χ2v) is 18.4. The van der Waals surface area contributed by atoms with Gasteiger partial charge in [-0.25, -0.2) is 0 Å². The van der Waals surface area contributed by atoms with Crippen molar-refractivity contribution >= 4 is 17.9 Å². The average molecular weight is 982 g/mol. The maximum absolute atomic E-state index is 12.8. The van der Waals surface area contributed by atoms with E-state index in [0.717, 1.165) is 122 Å². The number of rotatable bonds is 50. The fraction of sp³-hybridized carbons (Fsp3) is 0.615. The number of ether oxygens (including phenoxy) is 3. The molecule has 1 atom stereocenters. The molecule has 0 spiro atoms. The molecule has 0 fully saturated rings. The molecule has 0 aliphatic rings. The van der Waals surface area contributed by atoms with E-state index in [2.05, 4.69) is 154 Å². The van der Waals surface area contributed by atoms with Gasteiger partial charge in [0.15, 0.2) is 6.10 Å². The number of carbonyl (C=O) groups is 3. The van der Waals surface area contributed by atoms with E-state index < -0.39 is 6.10 Å². The first-order valence-electron chi connectivity index (χ1n) is 28.7. The number of carbonyl (C=O) groups excluding carboxylic acids is 3. The molecule has 6 heteroatoms. The molecule has 6 nitrogen and oxygen atoms in total. The first kappa shape index (κ1) is 66.6. The molecule has 0 saturated carbocycles. The topological polar surface area (TPSA) is 78.9 Å². The zero-order chi connectivity index (χ0) is 51.4. The third-order valence-electron chi connectivity index (χ3n) is 11.6. The van der Waals surface area contributed by atoms with Crippen molar-refractivity contribution in [3.8, 4) is 0 Å². The van der Waals surface area contributed by atoms with Crippen molar-refractivity contribution in [3.05, 3.63) is 134 Å². The van der Waals surface area contributed by atoms with Crippen LogP contribution in [-0.4, -0.2) is 37.2 Å². The van der Waals surface area contributed by atoms with Crippen molar-refractivity contribution < 1.29 is 28.6 Å². The third-order valence-corrected chi connectivity index (χ3v) is 11.6. The molecule has 0 unspecified atom stereocenters. The minimum atomic E-state index is -0.826. The maximum Gasteiger partial charge on any atom is 0.306 e. The second-order valence-electron chi connectivity index (χ2n) is 18.4. The van der Waals surface area contributed by atoms with Crippen LogP contribution in [-0.2, 0) is 28.6 Å². The van der Waals surface area contributed by atoms with Crippen molar-refractivity contribution in [3.63, 3.8) is 0 Å². The van der Waals surface area contributed by atoms with Crippen LogP contribution in [0.15, 0.2) is 134 Å². The Hall–Kier alpha value is -4.45. The average Bonchev–Trinajstić information content (AvgIpc) is 3.37. The van der Waals surface area contributed by atoms with Crippen molar-refractivity contribution in [2.75, 3.05) is 13.2 Å². The standard InChI is InChI=1S/C65H104O6/c1-4-7-10-13-16-19-22-25-28-31-32-35-37-40-43-46-49-52-55-58-64(67)70-61-62(71-65(68)59-56-53-50-47-44-41-38-34-30-27-24-21-18-15-12-9-6-3)60-69-63(66)57-54-51-48-45-42-39-36-33-29-26-23-20-17-14-11-8-5-2/h8-9,11-12,16-21,25-30,36,38-39,41,47,50,62H,4-7,10,13-15,22-24,31-35,37,40,42-46,48-49,51-61H2,1-3H3/b11-8-,12-9-,19-16-,20-17-,21-18-,28-25-,29-26-,30-27-,39-36-,41-38-,50-47-/t62-/m1/s1. The molecule has 71 heavy (non-hydrogen) atoms. The van der Waals surface area contributed by atoms with Crippen LogP contribution < -0.4 is 0 Å². The van der Waals surface area contributed by atoms with Gasteiger partial charge in [-0.05, 0) is 128 Å². The molecule has 0 N–H and O–H groups in total. The van der Waals surface area contributed by atoms with E-state index in [1.807, 2.05) is 0 Å². The van der Waals surface area contributed by atoms with E-state index in [4.69, 9.17) is 14.2 Å². The van der Waals surface area contributed by atoms with Gasteiger partial charge >= 0.3 is 17.9 Å². The summed E-state index contributed by atoms with van der Waals surface area (Å²) in [7, 11) is 0. The number of hydrogen-bond donors (Lipinski definition) is 0. The number of hydrogen-bond acceptors (Lipinski definition) is 6. The van der Waals surface area contributed by atoms with E-state index in [1.54, 1.807) is 0 Å². The largest absolute Gasteiger partial charge is 0.462 e. The summed E-state index contributed by atoms with van der Waals surface area (Å²) in [5, 5.41) is 0. The summed E-state index contributed by atoms with van der Waals surface area (Å²) < 4.78 is 16.8. The second kappa shape index (κ2) is 58.1. The lowest BCUT2D eigenvalue weighted by atomic mass is 10.1. The van der Waals surface area contributed by atoms with Gasteiger partial charge in [0, 0.05) is 19.3 Å². The first-order valence-corrected chi connectivity index (χ1v) is 28.7. The summed E-state index contributed by atoms with van der Waals surface area (Å²) in [5.74, 6) is -1.01. The van der Waals surface area contributed by atoms with E-state index >= 15 is 0 Å². The minimum absolute atomic E-state index is 0.115. The van der Waals surface area contributed by atoms with Crippen molar-refractivity contribution in [2.24, 2.45) is 0 Å². The molecule has 0 saturated heterocycles. The molecular weight excluding hydrogens is 877 g/mol. The van der Waals surface area contributed by atoms with E-state index in [-0.39, 0.29) is 37.5 Å². The minimum Gasteiger partial charge on any atom is -0.462 e. The van der Waals surface area contributed by atoms with E-state index in [9.17, 15) is 14.4 Å². The maximum atomic E-state index is 12.8. The van der Waals surface area contributed by atoms with Crippen LogP contribution in [0.3, 0.4) is 0 Å². The van der Waals surface area contributed by atoms with Gasteiger partial charge in [-0.2, -0.15) is 0 Å². The normalized spacial score (nSPS) is 13.1. The molecule has 0 radical (unpaired) electrons. The summed E-state index contributed by atoms with van der Waals surface area (Å²) in [6.07, 6.45) is 81.6. The molecule has 400 valence electrons. The van der Waals surface area contributed by atoms with E-state index in [1.165, 1.54) is 70.6 Å². The lowest BCUT2D eigenvalue weighted by Gasteiger charge is -2.18. The van der Waals surface area contributed by atoms with Crippen molar-refractivity contribution in [1.82, 2.24) is 0 Å². The lowest BCUT2D eigenvalue weighted by molar-refractivity contribution is -0.167. The zero-order valence-electron chi connectivity index (χ0n) is 45.7. The molecule has 0 aromatic rings. The van der Waals surface area contributed by atoms with Gasteiger partial charge < -0.3 is 14.2 Å². The van der Waals surface area contributed by atoms with Crippen molar-refractivity contribution in [1.29, 1.82) is 0 Å². The summed E-state index contributed by atoms with van der Waals surface area (Å²) in [5.41, 5.74) is 0. The Balaban J connectivity index is 4.53. The highest BCUT2D eigenvalue weighted by atomic mass is 16.6. The highest BCUT2D eigenvalue weighted by Crippen LogP contribution is 2.14. The summed E-state index contributed by atoms with van der Waals surface area (Å²) >= 11 is 0. The van der Waals surface area contributed by atoms with Gasteiger partial charge in [0.25, 0.3) is 0 Å². The molecule has 0 aliphatic heterocycles. The molecule has 0 aromatic carbocycles. The fourth-order valence-corrected chi connectivity index (χ4v) is 7.38. The fourth-order valence-electron chi connectivity index (χ4n) is 7.38. The van der Waals surface area contributed by atoms with Gasteiger partial charge in [-0.15, -0.1) is 0 Å². The number of allylic oxidation sites excluding steroid dienone is 22. The Bertz CT molecular complexity index is 1550. The Labute approximate surface area is 436 Å². The van der Waals surface area contributed by atoms with Gasteiger partial charge in [0.2, 0.25) is 0 Å². The first-order chi connectivity index (χ1) is 35.0. The van der Waals surface area contributed by atoms with Gasteiger partial charge in [-0.3, -0.25) is 14.4 Å². The SMILES string of the molecule is CC/C=C\C/C=C\C/C=C\C/C=C\C/C=C\CCCC(=O)O[C@H](COC(=O)CCCCCC/C=C\C/C=C\C/C=C\C/C=C\CC)COC(=O)CCCCCCCCCCC/C=C\C/C=C\CCCCC. The van der Waals surface area contributed by atoms with Crippen LogP contribution in [0.2, 0.25) is 0 Å². The Morgan fingerprint density at radius 3 is 0.901 bits per heavy atom. The molecule has 0 heterocycles. The zero-order valence-corrected chi connectivity index (χ0v) is 45.7. The quantitative estimate of drug-likeness (QED) is 0.0262. The van der Waals surface area contributed by atoms with Gasteiger partial charge in [0.05, 0.1) is 0 Å². The Morgan fingerprint density at radius 1 is 0.296 bits per heavy atom. The Kier molecular flexibility index (Phi) is 54.5. The Morgan fingerprint density at radius 2 is 0.563 bits per heavy atom. The molecule has 0 aromatic heterocycles. The molecule has 0 bridgehead atoms. The van der Waals surface area contributed by atoms with Gasteiger partial charge in [-0.1, -0.05) is 225 Å². The van der Waals surface area contributed by atoms with Crippen molar-refractivity contribution in [2.45, 2.75) is 245 Å². The molecular formula is C65H104O6. The van der Waals surface area contributed by atoms with Crippen LogP contribution in [0.4, 0.5) is 0 Å². The highest BCUT2D eigenvalue weighted by Gasteiger charge is 2.19. The number of esters is 3. The highest BCUT2D eigenvalue weighted by molar-refractivity contribution is 5.71. The summed E-state index contributed by atoms with van der Waals surface area (Å²) in [4.78, 5) is 38.2. The summed E-state index contributed by atoms with van der Waals surface area (Å²) in [6.45, 7) is 6.31. The summed E-state index contributed by atoms with van der Waals surface area (Å²) in [6, 6.07) is 0. The smallest absolute Gasteiger partial charge is 0.306 e. The van der Waals surface area contributed by atoms with E-state index in [0.29, 0.717) is 19.3 Å². The van der Waals surface area contributed by atoms with Crippen LogP contribution in [0, 0.1) is 0 Å². The van der Waals surface area contributed by atoms with Crippen LogP contribution in [0.1, 0.15) is 239 Å². The predicted molar refractivity (Wildman–Crippen MR) is 306 cm³/mol. The molecule has 0 rings (SSSR count). The third kappa shape index (κ3) is 56.3. The van der Waals surface area contributed by atoms with Crippen LogP contribution in [0.25, 0.3) is 0 Å². The number of unbranched alkanes of at least 4 members (excludes halogenated alkanes) is 17. The lowest BCUT2D eigenvalue weighted by Crippen LogP contribution is -2.30. The van der Waals surface area contributed by atoms with Crippen LogP contribution >= 0.6 is 0 Å². The molecule has 0 aliphatic carbocycles. The molecule has 0 amide bonds.